The lowest BCUT2D eigenvalue weighted by atomic mass is 9.86. The molecule has 0 spiro atoms. The Labute approximate surface area is 135 Å². The van der Waals surface area contributed by atoms with Gasteiger partial charge in [0.1, 0.15) is 5.82 Å². The van der Waals surface area contributed by atoms with Crippen LogP contribution in [0.1, 0.15) is 30.0 Å². The highest BCUT2D eigenvalue weighted by Crippen LogP contribution is 2.58. The third-order valence-electron chi connectivity index (χ3n) is 4.16. The number of benzene rings is 2. The molecule has 22 heavy (non-hydrogen) atoms. The summed E-state index contributed by atoms with van der Waals surface area (Å²) in [5.41, 5.74) is 10.6. The number of thioether (sulfide) groups is 1. The molecule has 3 rings (SSSR count). The van der Waals surface area contributed by atoms with Crippen molar-refractivity contribution < 1.29 is 4.39 Å². The van der Waals surface area contributed by atoms with E-state index in [1.165, 1.54) is 33.7 Å². The lowest BCUT2D eigenvalue weighted by molar-refractivity contribution is 0.626. The predicted molar refractivity (Wildman–Crippen MR) is 92.4 cm³/mol. The maximum atomic E-state index is 13.3. The summed E-state index contributed by atoms with van der Waals surface area (Å²) in [6, 6.07) is 13.4. The Morgan fingerprint density at radius 1 is 1.18 bits per heavy atom. The van der Waals surface area contributed by atoms with E-state index < -0.39 is 0 Å². The maximum absolute atomic E-state index is 13.3. The van der Waals surface area contributed by atoms with Gasteiger partial charge in [0.15, 0.2) is 0 Å². The molecule has 0 aliphatic carbocycles. The minimum absolute atomic E-state index is 0.195. The highest BCUT2D eigenvalue weighted by Gasteiger charge is 2.40. The lowest BCUT2D eigenvalue weighted by Crippen LogP contribution is -2.15. The first kappa shape index (κ1) is 15.3. The van der Waals surface area contributed by atoms with Crippen molar-refractivity contribution in [2.45, 2.75) is 29.9 Å². The summed E-state index contributed by atoms with van der Waals surface area (Å²) >= 11 is 1.83. The highest BCUT2D eigenvalue weighted by molar-refractivity contribution is 8.01. The van der Waals surface area contributed by atoms with E-state index in [9.17, 15) is 4.39 Å². The molecule has 0 amide bonds. The third kappa shape index (κ3) is 2.59. The highest BCUT2D eigenvalue weighted by atomic mass is 32.2. The Kier molecular flexibility index (Phi) is 4.11. The molecule has 0 fully saturated rings. The fourth-order valence-electron chi connectivity index (χ4n) is 2.99. The molecule has 1 atom stereocenters. The van der Waals surface area contributed by atoms with Crippen molar-refractivity contribution in [3.05, 3.63) is 71.0 Å². The van der Waals surface area contributed by atoms with Crippen molar-refractivity contribution in [3.63, 3.8) is 0 Å². The molecule has 2 aromatic rings. The molecule has 0 radical (unpaired) electrons. The Bertz CT molecular complexity index is 721. The van der Waals surface area contributed by atoms with Crippen molar-refractivity contribution >= 4 is 17.3 Å². The summed E-state index contributed by atoms with van der Waals surface area (Å²) in [5, 5.41) is 0. The first-order valence-corrected chi connectivity index (χ1v) is 8.33. The Balaban J connectivity index is 2.13. The quantitative estimate of drug-likeness (QED) is 0.873. The SMILES string of the molecule is Cc1ccc2c(c1)C(=CCCN)C(C)(c1ccc(F)cc1)S2. The average molecular weight is 313 g/mol. The van der Waals surface area contributed by atoms with Crippen LogP contribution in [0.15, 0.2) is 53.4 Å². The molecular weight excluding hydrogens is 293 g/mol. The van der Waals surface area contributed by atoms with Gasteiger partial charge in [-0.05, 0) is 61.7 Å². The van der Waals surface area contributed by atoms with Gasteiger partial charge in [-0.15, -0.1) is 11.8 Å². The molecule has 2 N–H and O–H groups in total. The Morgan fingerprint density at radius 2 is 1.91 bits per heavy atom. The molecule has 114 valence electrons. The zero-order chi connectivity index (χ0) is 15.7. The molecular formula is C19H20FNS. The second kappa shape index (κ2) is 5.90. The zero-order valence-electron chi connectivity index (χ0n) is 12.9. The van der Waals surface area contributed by atoms with Gasteiger partial charge in [-0.25, -0.2) is 4.39 Å². The number of hydrogen-bond acceptors (Lipinski definition) is 2. The number of nitrogens with two attached hydrogens (primary N) is 1. The monoisotopic (exact) mass is 313 g/mol. The molecule has 1 heterocycles. The molecule has 1 nitrogen and oxygen atoms in total. The van der Waals surface area contributed by atoms with E-state index in [2.05, 4.69) is 38.1 Å². The second-order valence-corrected chi connectivity index (χ2v) is 7.30. The predicted octanol–water partition coefficient (Wildman–Crippen LogP) is 4.89. The van der Waals surface area contributed by atoms with Crippen LogP contribution in [0, 0.1) is 12.7 Å². The fourth-order valence-corrected chi connectivity index (χ4v) is 4.40. The van der Waals surface area contributed by atoms with Gasteiger partial charge in [0, 0.05) is 4.90 Å². The minimum atomic E-state index is -0.198. The normalized spacial score (nSPS) is 22.1. The summed E-state index contributed by atoms with van der Waals surface area (Å²) in [7, 11) is 0. The molecule has 0 saturated heterocycles. The van der Waals surface area contributed by atoms with E-state index in [4.69, 9.17) is 5.73 Å². The number of halogens is 1. The minimum Gasteiger partial charge on any atom is -0.330 e. The van der Waals surface area contributed by atoms with Gasteiger partial charge >= 0.3 is 0 Å². The van der Waals surface area contributed by atoms with E-state index in [1.54, 1.807) is 0 Å². The number of fused-ring (bicyclic) bond motifs is 1. The molecule has 0 bridgehead atoms. The van der Waals surface area contributed by atoms with Gasteiger partial charge in [0.05, 0.1) is 4.75 Å². The summed E-state index contributed by atoms with van der Waals surface area (Å²) in [4.78, 5) is 1.28. The van der Waals surface area contributed by atoms with Crippen LogP contribution >= 0.6 is 11.8 Å². The molecule has 1 aliphatic rings. The van der Waals surface area contributed by atoms with E-state index >= 15 is 0 Å². The molecule has 2 aromatic carbocycles. The largest absolute Gasteiger partial charge is 0.330 e. The topological polar surface area (TPSA) is 26.0 Å². The van der Waals surface area contributed by atoms with E-state index in [-0.39, 0.29) is 10.6 Å². The van der Waals surface area contributed by atoms with Crippen LogP contribution in [-0.4, -0.2) is 6.54 Å². The third-order valence-corrected chi connectivity index (χ3v) is 5.60. The first-order valence-electron chi connectivity index (χ1n) is 7.51. The molecule has 3 heteroatoms. The fraction of sp³-hybridized carbons (Fsp3) is 0.263. The van der Waals surface area contributed by atoms with Crippen LogP contribution in [0.4, 0.5) is 4.39 Å². The molecule has 0 saturated carbocycles. The number of hydrogen-bond donors (Lipinski definition) is 1. The van der Waals surface area contributed by atoms with Gasteiger partial charge in [0.2, 0.25) is 0 Å². The van der Waals surface area contributed by atoms with Gasteiger partial charge < -0.3 is 5.73 Å². The Hall–Kier alpha value is -1.58. The van der Waals surface area contributed by atoms with Crippen LogP contribution in [-0.2, 0) is 4.75 Å². The van der Waals surface area contributed by atoms with E-state index in [1.807, 2.05) is 23.9 Å². The summed E-state index contributed by atoms with van der Waals surface area (Å²) < 4.78 is 13.1. The van der Waals surface area contributed by atoms with Crippen LogP contribution < -0.4 is 5.73 Å². The Morgan fingerprint density at radius 3 is 2.59 bits per heavy atom. The maximum Gasteiger partial charge on any atom is 0.123 e. The van der Waals surface area contributed by atoms with Crippen LogP contribution in [0.5, 0.6) is 0 Å². The van der Waals surface area contributed by atoms with Crippen LogP contribution in [0.2, 0.25) is 0 Å². The smallest absolute Gasteiger partial charge is 0.123 e. The van der Waals surface area contributed by atoms with Gasteiger partial charge in [-0.1, -0.05) is 35.9 Å². The zero-order valence-corrected chi connectivity index (χ0v) is 13.7. The van der Waals surface area contributed by atoms with Crippen molar-refractivity contribution in [2.24, 2.45) is 5.73 Å². The summed E-state index contributed by atoms with van der Waals surface area (Å²) in [5.74, 6) is -0.198. The van der Waals surface area contributed by atoms with Gasteiger partial charge in [0.25, 0.3) is 0 Å². The van der Waals surface area contributed by atoms with Crippen molar-refractivity contribution in [1.82, 2.24) is 0 Å². The molecule has 0 aromatic heterocycles. The van der Waals surface area contributed by atoms with Crippen LogP contribution in [0.3, 0.4) is 0 Å². The lowest BCUT2D eigenvalue weighted by Gasteiger charge is -2.26. The van der Waals surface area contributed by atoms with Gasteiger partial charge in [-0.2, -0.15) is 0 Å². The summed E-state index contributed by atoms with van der Waals surface area (Å²) in [6.07, 6.45) is 3.09. The van der Waals surface area contributed by atoms with Crippen molar-refractivity contribution in [1.29, 1.82) is 0 Å². The van der Waals surface area contributed by atoms with E-state index in [0.717, 1.165) is 12.0 Å². The van der Waals surface area contributed by atoms with Crippen LogP contribution in [0.25, 0.3) is 5.57 Å². The second-order valence-electron chi connectivity index (χ2n) is 5.84. The number of rotatable bonds is 3. The van der Waals surface area contributed by atoms with Crippen molar-refractivity contribution in [2.75, 3.05) is 6.54 Å². The molecule has 1 unspecified atom stereocenters. The molecule has 1 aliphatic heterocycles. The first-order chi connectivity index (χ1) is 10.5. The average Bonchev–Trinajstić information content (AvgIpc) is 2.78. The summed E-state index contributed by atoms with van der Waals surface area (Å²) in [6.45, 7) is 4.95. The van der Waals surface area contributed by atoms with Crippen molar-refractivity contribution in [3.8, 4) is 0 Å². The van der Waals surface area contributed by atoms with Gasteiger partial charge in [-0.3, -0.25) is 0 Å². The van der Waals surface area contributed by atoms with E-state index in [0.29, 0.717) is 6.54 Å². The number of aryl methyl sites for hydroxylation is 1. The standard InChI is InChI=1S/C19H20FNS/c1-13-5-10-18-16(12-13)17(4-3-11-21)19(2,22-18)14-6-8-15(20)9-7-14/h4-10,12H,3,11,21H2,1-2H3.